The van der Waals surface area contributed by atoms with Crippen LogP contribution in [0.25, 0.3) is 0 Å². The Labute approximate surface area is 152 Å². The van der Waals surface area contributed by atoms with Crippen LogP contribution in [0.1, 0.15) is 34.1 Å². The van der Waals surface area contributed by atoms with Crippen molar-refractivity contribution in [3.63, 3.8) is 0 Å². The zero-order valence-corrected chi connectivity index (χ0v) is 15.2. The van der Waals surface area contributed by atoms with Crippen LogP contribution in [0.2, 0.25) is 0 Å². The van der Waals surface area contributed by atoms with Gasteiger partial charge < -0.3 is 0 Å². The Morgan fingerprint density at radius 2 is 2.15 bits per heavy atom. The van der Waals surface area contributed by atoms with Gasteiger partial charge in [-0.25, -0.2) is 0 Å². The second kappa shape index (κ2) is 9.59. The van der Waals surface area contributed by atoms with Crippen LogP contribution in [0.5, 0.6) is 0 Å². The molecule has 0 aromatic carbocycles. The van der Waals surface area contributed by atoms with Crippen molar-refractivity contribution < 1.29 is 19.1 Å². The van der Waals surface area contributed by atoms with Crippen LogP contribution in [-0.2, 0) is 9.47 Å². The molecule has 6 nitrogen and oxygen atoms in total. The molecule has 0 radical (unpaired) electrons. The van der Waals surface area contributed by atoms with Crippen LogP contribution < -0.4 is 5.11 Å². The molecule has 0 saturated heterocycles. The number of hydrogen-bond acceptors (Lipinski definition) is 5. The number of carbonyl (C=O) groups excluding carboxylic acids is 2. The third-order valence-electron chi connectivity index (χ3n) is 2.59. The minimum absolute atomic E-state index is 0.258. The molecule has 0 aliphatic rings. The number of carbonyl (C=O) groups is 2. The zero-order valence-electron chi connectivity index (χ0n) is 12.1. The van der Waals surface area contributed by atoms with E-state index in [1.54, 1.807) is 20.1 Å². The van der Waals surface area contributed by atoms with Crippen LogP contribution in [0, 0.1) is 0 Å². The number of methoxy groups -OCH3 is 1. The van der Waals surface area contributed by atoms with E-state index in [9.17, 15) is 9.59 Å². The van der Waals surface area contributed by atoms with Gasteiger partial charge in [-0.3, -0.25) is 0 Å². The molecule has 7 heteroatoms. The zero-order chi connectivity index (χ0) is 15.0. The molecule has 0 unspecified atom stereocenters. The maximum absolute atomic E-state index is 12.1. The summed E-state index contributed by atoms with van der Waals surface area (Å²) in [6.07, 6.45) is 2.16. The molecular weight excluding hydrogens is 287 g/mol. The van der Waals surface area contributed by atoms with Gasteiger partial charge in [-0.2, -0.15) is 0 Å². The SMILES string of the molecule is CCOC(=O)c1c[c]([K])ncc1C(=O)NCCCOC. The monoisotopic (exact) mass is 304 g/mol. The van der Waals surface area contributed by atoms with E-state index >= 15 is 0 Å². The average Bonchev–Trinajstić information content (AvgIpc) is 2.43. The molecule has 0 spiro atoms. The molecule has 0 fully saturated rings. The third-order valence-corrected chi connectivity index (χ3v) is 3.45. The number of nitrogens with zero attached hydrogens (tertiary/aromatic N) is 1. The number of rotatable bonds is 7. The first-order valence-corrected chi connectivity index (χ1v) is 8.07. The number of ether oxygens (including phenoxy) is 2. The molecule has 1 aromatic rings. The molecule has 20 heavy (non-hydrogen) atoms. The van der Waals surface area contributed by atoms with Gasteiger partial charge in [0.1, 0.15) is 0 Å². The summed E-state index contributed by atoms with van der Waals surface area (Å²) in [4.78, 5) is 28.1. The van der Waals surface area contributed by atoms with Gasteiger partial charge in [0.15, 0.2) is 0 Å². The molecule has 0 aliphatic heterocycles. The Morgan fingerprint density at radius 3 is 2.80 bits per heavy atom. The molecular formula is C13H17KN2O4. The summed E-state index contributed by atoms with van der Waals surface area (Å²) in [7, 11) is 1.61. The van der Waals surface area contributed by atoms with Crippen LogP contribution in [0.4, 0.5) is 0 Å². The molecule has 1 amide bonds. The number of esters is 1. The molecule has 0 atom stereocenters. The summed E-state index contributed by atoms with van der Waals surface area (Å²) in [5.41, 5.74) is 0.545. The minimum atomic E-state index is -0.484. The normalized spacial score (nSPS) is 10.2. The van der Waals surface area contributed by atoms with Crippen molar-refractivity contribution in [1.82, 2.24) is 10.3 Å². The van der Waals surface area contributed by atoms with E-state index in [-0.39, 0.29) is 23.6 Å². The predicted octanol–water partition coefficient (Wildman–Crippen LogP) is -0.182. The molecule has 0 aliphatic carbocycles. The molecule has 1 rings (SSSR count). The van der Waals surface area contributed by atoms with Gasteiger partial charge in [-0.05, 0) is 0 Å². The van der Waals surface area contributed by atoms with E-state index in [4.69, 9.17) is 9.47 Å². The van der Waals surface area contributed by atoms with Crippen LogP contribution in [0.3, 0.4) is 0 Å². The quantitative estimate of drug-likeness (QED) is 0.429. The van der Waals surface area contributed by atoms with Crippen molar-refractivity contribution in [3.05, 3.63) is 23.4 Å². The van der Waals surface area contributed by atoms with E-state index < -0.39 is 5.97 Å². The summed E-state index contributed by atoms with van der Waals surface area (Å²) in [5, 5.41) is 2.74. The summed E-state index contributed by atoms with van der Waals surface area (Å²) >= 11 is 0.335. The van der Waals surface area contributed by atoms with Gasteiger partial charge in [-0.15, -0.1) is 0 Å². The first-order valence-electron chi connectivity index (χ1n) is 6.51. The van der Waals surface area contributed by atoms with Gasteiger partial charge in [0, 0.05) is 0 Å². The van der Waals surface area contributed by atoms with Crippen molar-refractivity contribution in [2.45, 2.75) is 13.3 Å². The van der Waals surface area contributed by atoms with E-state index in [1.165, 1.54) is 6.20 Å². The van der Waals surface area contributed by atoms with Crippen molar-refractivity contribution in [1.29, 1.82) is 0 Å². The van der Waals surface area contributed by atoms with Gasteiger partial charge in [0.25, 0.3) is 0 Å². The summed E-state index contributed by atoms with van der Waals surface area (Å²) in [5.74, 6) is -0.799. The first kappa shape index (κ1) is 17.7. The number of aromatic nitrogens is 1. The number of amides is 1. The molecule has 1 aromatic heterocycles. The van der Waals surface area contributed by atoms with Crippen molar-refractivity contribution in [2.75, 3.05) is 26.9 Å². The molecule has 0 bridgehead atoms. The van der Waals surface area contributed by atoms with Gasteiger partial charge in [0.2, 0.25) is 0 Å². The maximum atomic E-state index is 12.1. The number of hydrogen-bond donors (Lipinski definition) is 1. The molecule has 1 N–H and O–H groups in total. The Kier molecular flexibility index (Phi) is 8.51. The molecule has 104 valence electrons. The van der Waals surface area contributed by atoms with Gasteiger partial charge in [0.05, 0.1) is 0 Å². The van der Waals surface area contributed by atoms with Crippen LogP contribution in [0.15, 0.2) is 12.3 Å². The Bertz CT molecular complexity index is 479. The van der Waals surface area contributed by atoms with Gasteiger partial charge >= 0.3 is 154 Å². The van der Waals surface area contributed by atoms with Crippen molar-refractivity contribution in [2.24, 2.45) is 0 Å². The summed E-state index contributed by atoms with van der Waals surface area (Å²) < 4.78 is 10.7. The van der Waals surface area contributed by atoms with Crippen molar-refractivity contribution in [3.8, 4) is 0 Å². The second-order valence-electron chi connectivity index (χ2n) is 4.19. The molecule has 0 saturated carbocycles. The van der Waals surface area contributed by atoms with Crippen LogP contribution in [-0.4, -0.2) is 92.7 Å². The van der Waals surface area contributed by atoms with Crippen LogP contribution >= 0.6 is 0 Å². The molecule has 1 heterocycles. The van der Waals surface area contributed by atoms with E-state index in [0.717, 1.165) is -0.212 Å². The second-order valence-corrected chi connectivity index (χ2v) is 5.79. The third kappa shape index (κ3) is 5.59. The Morgan fingerprint density at radius 1 is 1.40 bits per heavy atom. The van der Waals surface area contributed by atoms with Crippen molar-refractivity contribution >= 4 is 60.6 Å². The standard InChI is InChI=1S/C13H17N2O4.K/c1-3-19-13(17)10-5-7-14-9-11(10)12(16)15-6-4-8-18-2;/h5,9H,3-4,6,8H2,1-2H3,(H,15,16);. The fourth-order valence-electron chi connectivity index (χ4n) is 1.63. The summed E-state index contributed by atoms with van der Waals surface area (Å²) in [6.45, 7) is 3.07. The van der Waals surface area contributed by atoms with Gasteiger partial charge in [-0.1, -0.05) is 0 Å². The fourth-order valence-corrected chi connectivity index (χ4v) is 2.28. The summed E-state index contributed by atoms with van der Waals surface area (Å²) in [6, 6.07) is 1.64. The Hall–Kier alpha value is -0.314. The fraction of sp³-hybridized carbons (Fsp3) is 0.462. The average molecular weight is 304 g/mol. The van der Waals surface area contributed by atoms with E-state index in [1.807, 2.05) is 0 Å². The first-order chi connectivity index (χ1) is 9.60. The van der Waals surface area contributed by atoms with E-state index in [2.05, 4.69) is 10.3 Å². The predicted molar refractivity (Wildman–Crippen MR) is 74.4 cm³/mol. The van der Waals surface area contributed by atoms with E-state index in [0.29, 0.717) is 68.5 Å². The number of nitrogens with one attached hydrogen (secondary N) is 1. The Balaban J connectivity index is 2.82. The topological polar surface area (TPSA) is 77.5 Å². The number of pyridine rings is 1.